The van der Waals surface area contributed by atoms with Crippen LogP contribution in [0.4, 0.5) is 0 Å². The maximum Gasteiger partial charge on any atom is 0.120 e. The lowest BCUT2D eigenvalue weighted by Crippen LogP contribution is -2.43. The van der Waals surface area contributed by atoms with Gasteiger partial charge in [0.05, 0.1) is 10.6 Å². The van der Waals surface area contributed by atoms with E-state index in [0.29, 0.717) is 0 Å². The highest BCUT2D eigenvalue weighted by Crippen LogP contribution is 2.52. The summed E-state index contributed by atoms with van der Waals surface area (Å²) >= 11 is 1.63. The fourth-order valence-corrected chi connectivity index (χ4v) is 3.41. The van der Waals surface area contributed by atoms with Crippen LogP contribution < -0.4 is 5.73 Å². The van der Waals surface area contributed by atoms with E-state index in [1.165, 1.54) is 5.56 Å². The number of aliphatic imine (C=N–C) groups is 1. The first-order valence-corrected chi connectivity index (χ1v) is 6.89. The van der Waals surface area contributed by atoms with Gasteiger partial charge < -0.3 is 10.8 Å². The van der Waals surface area contributed by atoms with Crippen molar-refractivity contribution in [2.24, 2.45) is 10.7 Å². The molecule has 0 bridgehead atoms. The van der Waals surface area contributed by atoms with Crippen LogP contribution in [0.2, 0.25) is 0 Å². The van der Waals surface area contributed by atoms with Crippen molar-refractivity contribution < 1.29 is 5.11 Å². The number of hydrogen-bond donors (Lipinski definition) is 2. The van der Waals surface area contributed by atoms with Gasteiger partial charge in [-0.05, 0) is 12.0 Å². The van der Waals surface area contributed by atoms with Crippen LogP contribution in [0.3, 0.4) is 0 Å². The highest BCUT2D eigenvalue weighted by atomic mass is 32.2. The molecule has 1 unspecified atom stereocenters. The molecule has 1 saturated carbocycles. The highest BCUT2D eigenvalue weighted by molar-refractivity contribution is 8.14. The molecule has 0 spiro atoms. The number of aliphatic hydroxyl groups is 1. The third-order valence-corrected chi connectivity index (χ3v) is 4.63. The SMILES string of the molecule is N[C@]1(C(O)C2=NCCS2)C[C@H]1c1ccccc1. The average molecular weight is 248 g/mol. The molecule has 1 aromatic carbocycles. The summed E-state index contributed by atoms with van der Waals surface area (Å²) < 4.78 is 0. The fourth-order valence-electron chi connectivity index (χ4n) is 2.46. The van der Waals surface area contributed by atoms with Crippen molar-refractivity contribution in [3.63, 3.8) is 0 Å². The van der Waals surface area contributed by atoms with Crippen LogP contribution in [0.5, 0.6) is 0 Å². The first kappa shape index (κ1) is 11.3. The van der Waals surface area contributed by atoms with Gasteiger partial charge in [-0.15, -0.1) is 11.8 Å². The number of aliphatic hydroxyl groups excluding tert-OH is 1. The van der Waals surface area contributed by atoms with E-state index >= 15 is 0 Å². The Hall–Kier alpha value is -0.840. The zero-order chi connectivity index (χ0) is 11.9. The lowest BCUT2D eigenvalue weighted by atomic mass is 10.0. The van der Waals surface area contributed by atoms with Crippen molar-refractivity contribution >= 4 is 16.8 Å². The Morgan fingerprint density at radius 3 is 2.82 bits per heavy atom. The summed E-state index contributed by atoms with van der Waals surface area (Å²) in [5, 5.41) is 11.1. The Bertz CT molecular complexity index is 448. The van der Waals surface area contributed by atoms with Gasteiger partial charge in [-0.1, -0.05) is 30.3 Å². The van der Waals surface area contributed by atoms with Crippen molar-refractivity contribution in [1.29, 1.82) is 0 Å². The predicted molar refractivity (Wildman–Crippen MR) is 71.5 cm³/mol. The molecule has 3 nitrogen and oxygen atoms in total. The van der Waals surface area contributed by atoms with Crippen LogP contribution in [0, 0.1) is 0 Å². The first-order valence-electron chi connectivity index (χ1n) is 5.91. The normalized spacial score (nSPS) is 33.3. The van der Waals surface area contributed by atoms with Crippen LogP contribution >= 0.6 is 11.8 Å². The van der Waals surface area contributed by atoms with Gasteiger partial charge >= 0.3 is 0 Å². The maximum atomic E-state index is 10.3. The van der Waals surface area contributed by atoms with Gasteiger partial charge in [-0.25, -0.2) is 0 Å². The zero-order valence-electron chi connectivity index (χ0n) is 9.54. The Morgan fingerprint density at radius 2 is 2.18 bits per heavy atom. The Kier molecular flexibility index (Phi) is 2.73. The van der Waals surface area contributed by atoms with E-state index in [1.54, 1.807) is 11.8 Å². The van der Waals surface area contributed by atoms with Crippen LogP contribution in [0.1, 0.15) is 17.9 Å². The van der Waals surface area contributed by atoms with E-state index in [4.69, 9.17) is 5.73 Å². The summed E-state index contributed by atoms with van der Waals surface area (Å²) in [5.74, 6) is 1.24. The Morgan fingerprint density at radius 1 is 1.41 bits per heavy atom. The van der Waals surface area contributed by atoms with Crippen molar-refractivity contribution in [1.82, 2.24) is 0 Å². The number of thioether (sulfide) groups is 1. The molecule has 0 radical (unpaired) electrons. The molecule has 1 aromatic rings. The number of rotatable bonds is 3. The molecule has 1 heterocycles. The van der Waals surface area contributed by atoms with E-state index in [2.05, 4.69) is 17.1 Å². The fraction of sp³-hybridized carbons (Fsp3) is 0.462. The molecule has 4 heteroatoms. The first-order chi connectivity index (χ1) is 8.22. The van der Waals surface area contributed by atoms with Crippen molar-refractivity contribution in [3.8, 4) is 0 Å². The molecule has 1 aliphatic heterocycles. The molecule has 2 aliphatic rings. The number of nitrogens with two attached hydrogens (primary N) is 1. The van der Waals surface area contributed by atoms with Crippen molar-refractivity contribution in [2.45, 2.75) is 24.0 Å². The molecule has 17 heavy (non-hydrogen) atoms. The van der Waals surface area contributed by atoms with Crippen LogP contribution in [-0.4, -0.2) is 34.1 Å². The van der Waals surface area contributed by atoms with Gasteiger partial charge in [-0.2, -0.15) is 0 Å². The van der Waals surface area contributed by atoms with Gasteiger partial charge in [0.2, 0.25) is 0 Å². The molecule has 3 rings (SSSR count). The average Bonchev–Trinajstić information content (AvgIpc) is 2.81. The summed E-state index contributed by atoms with van der Waals surface area (Å²) in [5.41, 5.74) is 7.02. The predicted octanol–water partition coefficient (Wildman–Crippen LogP) is 1.38. The second kappa shape index (κ2) is 4.12. The quantitative estimate of drug-likeness (QED) is 0.849. The van der Waals surface area contributed by atoms with E-state index < -0.39 is 11.6 Å². The van der Waals surface area contributed by atoms with Gasteiger partial charge in [-0.3, -0.25) is 4.99 Å². The molecule has 90 valence electrons. The molecule has 3 atom stereocenters. The summed E-state index contributed by atoms with van der Waals surface area (Å²) in [6.45, 7) is 0.809. The Balaban J connectivity index is 1.77. The van der Waals surface area contributed by atoms with Gasteiger partial charge in [0, 0.05) is 18.2 Å². The minimum absolute atomic E-state index is 0.266. The van der Waals surface area contributed by atoms with E-state index in [-0.39, 0.29) is 5.92 Å². The largest absolute Gasteiger partial charge is 0.384 e. The van der Waals surface area contributed by atoms with Gasteiger partial charge in [0.25, 0.3) is 0 Å². The third-order valence-electron chi connectivity index (χ3n) is 3.60. The molecule has 1 aliphatic carbocycles. The van der Waals surface area contributed by atoms with Gasteiger partial charge in [0.1, 0.15) is 6.10 Å². The minimum Gasteiger partial charge on any atom is -0.384 e. The smallest absolute Gasteiger partial charge is 0.120 e. The van der Waals surface area contributed by atoms with Crippen LogP contribution in [0.25, 0.3) is 0 Å². The molecule has 3 N–H and O–H groups in total. The molecule has 0 aromatic heterocycles. The minimum atomic E-state index is -0.597. The zero-order valence-corrected chi connectivity index (χ0v) is 10.4. The maximum absolute atomic E-state index is 10.3. The van der Waals surface area contributed by atoms with E-state index in [1.807, 2.05) is 18.2 Å². The highest BCUT2D eigenvalue weighted by Gasteiger charge is 2.58. The lowest BCUT2D eigenvalue weighted by Gasteiger charge is -2.19. The topological polar surface area (TPSA) is 58.6 Å². The third kappa shape index (κ3) is 1.90. The standard InChI is InChI=1S/C13H16N2OS/c14-13(11(16)12-15-6-7-17-12)8-10(13)9-4-2-1-3-5-9/h1-5,10-11,16H,6-8,14H2/t10-,11?,13+/m0/s1. The van der Waals surface area contributed by atoms with Gasteiger partial charge in [0.15, 0.2) is 0 Å². The number of nitrogens with zero attached hydrogens (tertiary/aromatic N) is 1. The summed E-state index contributed by atoms with van der Waals surface area (Å²) in [6.07, 6.45) is 0.248. The van der Waals surface area contributed by atoms with Crippen LogP contribution in [-0.2, 0) is 0 Å². The molecule has 0 amide bonds. The molecular weight excluding hydrogens is 232 g/mol. The second-order valence-electron chi connectivity index (χ2n) is 4.75. The Labute approximate surface area is 105 Å². The lowest BCUT2D eigenvalue weighted by molar-refractivity contribution is 0.199. The number of hydrogen-bond acceptors (Lipinski definition) is 4. The summed E-state index contributed by atoms with van der Waals surface area (Å²) in [6, 6.07) is 10.2. The summed E-state index contributed by atoms with van der Waals surface area (Å²) in [7, 11) is 0. The second-order valence-corrected chi connectivity index (χ2v) is 5.87. The molecule has 1 fully saturated rings. The molecular formula is C13H16N2OS. The number of benzene rings is 1. The van der Waals surface area contributed by atoms with Crippen LogP contribution in [0.15, 0.2) is 35.3 Å². The van der Waals surface area contributed by atoms with Crippen molar-refractivity contribution in [3.05, 3.63) is 35.9 Å². The summed E-state index contributed by atoms with van der Waals surface area (Å²) in [4.78, 5) is 4.32. The van der Waals surface area contributed by atoms with E-state index in [9.17, 15) is 5.11 Å². The van der Waals surface area contributed by atoms with E-state index in [0.717, 1.165) is 23.8 Å². The van der Waals surface area contributed by atoms with Crippen molar-refractivity contribution in [2.75, 3.05) is 12.3 Å². The molecule has 0 saturated heterocycles. The monoisotopic (exact) mass is 248 g/mol.